The third-order valence-corrected chi connectivity index (χ3v) is 5.45. The first-order chi connectivity index (χ1) is 13.1. The van der Waals surface area contributed by atoms with Gasteiger partial charge in [-0.15, -0.1) is 0 Å². The monoisotopic (exact) mass is 363 g/mol. The summed E-state index contributed by atoms with van der Waals surface area (Å²) in [5, 5.41) is 17.4. The Bertz CT molecular complexity index is 970. The van der Waals surface area contributed by atoms with E-state index in [4.69, 9.17) is 4.74 Å². The number of benzene rings is 2. The van der Waals surface area contributed by atoms with Crippen LogP contribution in [0.3, 0.4) is 0 Å². The largest absolute Gasteiger partial charge is 0.470 e. The fourth-order valence-electron chi connectivity index (χ4n) is 4.10. The predicted molar refractivity (Wildman–Crippen MR) is 98.5 cm³/mol. The summed E-state index contributed by atoms with van der Waals surface area (Å²) < 4.78 is 6.22. The van der Waals surface area contributed by atoms with Crippen LogP contribution in [0, 0.1) is 16.0 Å². The Morgan fingerprint density at radius 3 is 2.56 bits per heavy atom. The molecule has 0 saturated heterocycles. The molecule has 3 aliphatic rings. The van der Waals surface area contributed by atoms with Gasteiger partial charge in [-0.2, -0.15) is 10.1 Å². The summed E-state index contributed by atoms with van der Waals surface area (Å²) in [5.41, 5.74) is 0.537. The van der Waals surface area contributed by atoms with Gasteiger partial charge >= 0.3 is 0 Å². The van der Waals surface area contributed by atoms with Gasteiger partial charge in [-0.1, -0.05) is 36.4 Å². The zero-order valence-corrected chi connectivity index (χ0v) is 14.4. The number of ether oxygens (including phenoxy) is 1. The van der Waals surface area contributed by atoms with Crippen molar-refractivity contribution in [1.29, 1.82) is 0 Å². The summed E-state index contributed by atoms with van der Waals surface area (Å²) in [6, 6.07) is 16.3. The van der Waals surface area contributed by atoms with Crippen LogP contribution in [0.1, 0.15) is 24.3 Å². The van der Waals surface area contributed by atoms with Crippen molar-refractivity contribution in [3.63, 3.8) is 0 Å². The van der Waals surface area contributed by atoms with Crippen LogP contribution in [0.5, 0.6) is 5.75 Å². The summed E-state index contributed by atoms with van der Waals surface area (Å²) in [6.07, 6.45) is 1.84. The smallest absolute Gasteiger partial charge is 0.298 e. The molecule has 0 bridgehead atoms. The average molecular weight is 363 g/mol. The van der Waals surface area contributed by atoms with Gasteiger partial charge in [-0.3, -0.25) is 14.9 Å². The van der Waals surface area contributed by atoms with Crippen molar-refractivity contribution >= 4 is 17.3 Å². The molecule has 2 heterocycles. The van der Waals surface area contributed by atoms with Crippen molar-refractivity contribution in [2.24, 2.45) is 11.0 Å². The van der Waals surface area contributed by atoms with Crippen LogP contribution in [0.15, 0.2) is 59.7 Å². The number of amides is 1. The molecule has 2 atom stereocenters. The number of fused-ring (bicyclic) bond motifs is 1. The summed E-state index contributed by atoms with van der Waals surface area (Å²) >= 11 is 0. The topological polar surface area (TPSA) is 85.0 Å². The van der Waals surface area contributed by atoms with Gasteiger partial charge in [0.15, 0.2) is 0 Å². The fraction of sp³-hybridized carbons (Fsp3) is 0.300. The summed E-state index contributed by atoms with van der Waals surface area (Å²) in [4.78, 5) is 24.7. The lowest BCUT2D eigenvalue weighted by atomic mass is 9.79. The van der Waals surface area contributed by atoms with E-state index in [0.717, 1.165) is 12.8 Å². The van der Waals surface area contributed by atoms with Crippen LogP contribution in [-0.4, -0.2) is 28.7 Å². The minimum Gasteiger partial charge on any atom is -0.470 e. The molecule has 5 rings (SSSR count). The normalized spacial score (nSPS) is 26.1. The number of nitrogens with zero attached hydrogens (tertiary/aromatic N) is 3. The van der Waals surface area contributed by atoms with Gasteiger partial charge in [0.25, 0.3) is 5.91 Å². The molecule has 0 unspecified atom stereocenters. The van der Waals surface area contributed by atoms with Crippen LogP contribution < -0.4 is 9.75 Å². The van der Waals surface area contributed by atoms with Gasteiger partial charge in [-0.25, -0.2) is 0 Å². The highest BCUT2D eigenvalue weighted by atomic mass is 16.6. The molecule has 1 aliphatic carbocycles. The van der Waals surface area contributed by atoms with Gasteiger partial charge in [0.1, 0.15) is 11.7 Å². The molecule has 1 spiro atoms. The molecule has 1 saturated carbocycles. The fourth-order valence-corrected chi connectivity index (χ4v) is 4.10. The van der Waals surface area contributed by atoms with E-state index in [1.165, 1.54) is 5.01 Å². The van der Waals surface area contributed by atoms with Crippen molar-refractivity contribution in [2.75, 3.05) is 11.6 Å². The van der Waals surface area contributed by atoms with E-state index < -0.39 is 11.5 Å². The molecule has 0 N–H and O–H groups in total. The lowest BCUT2D eigenvalue weighted by molar-refractivity contribution is -0.484. The van der Waals surface area contributed by atoms with Gasteiger partial charge in [0.2, 0.25) is 12.1 Å². The van der Waals surface area contributed by atoms with Crippen LogP contribution in [0.25, 0.3) is 0 Å². The number of rotatable bonds is 4. The van der Waals surface area contributed by atoms with E-state index in [9.17, 15) is 14.9 Å². The number of carbonyl (C=O) groups excluding carboxylic acids is 1. The Kier molecular flexibility index (Phi) is 3.34. The Labute approximate surface area is 155 Å². The molecule has 0 aromatic heterocycles. The quantitative estimate of drug-likeness (QED) is 0.617. The highest BCUT2D eigenvalue weighted by Crippen LogP contribution is 2.53. The van der Waals surface area contributed by atoms with E-state index in [2.05, 4.69) is 5.10 Å². The first kappa shape index (κ1) is 16.0. The second kappa shape index (κ2) is 5.64. The summed E-state index contributed by atoms with van der Waals surface area (Å²) in [7, 11) is 0. The second-order valence-electron chi connectivity index (χ2n) is 7.16. The van der Waals surface area contributed by atoms with Crippen molar-refractivity contribution in [3.8, 4) is 5.75 Å². The molecule has 136 valence electrons. The first-order valence-corrected chi connectivity index (χ1v) is 8.99. The number of anilines is 1. The lowest BCUT2D eigenvalue weighted by Gasteiger charge is -2.28. The molecular weight excluding hydrogens is 346 g/mol. The molecule has 7 heteroatoms. The van der Waals surface area contributed by atoms with Crippen molar-refractivity contribution in [2.45, 2.75) is 24.4 Å². The van der Waals surface area contributed by atoms with Gasteiger partial charge in [0.05, 0.1) is 11.4 Å². The van der Waals surface area contributed by atoms with Gasteiger partial charge < -0.3 is 4.74 Å². The highest BCUT2D eigenvalue weighted by molar-refractivity contribution is 6.24. The van der Waals surface area contributed by atoms with E-state index in [0.29, 0.717) is 22.7 Å². The van der Waals surface area contributed by atoms with E-state index in [-0.39, 0.29) is 23.3 Å². The Morgan fingerprint density at radius 1 is 1.15 bits per heavy atom. The van der Waals surface area contributed by atoms with E-state index in [1.807, 2.05) is 30.3 Å². The molecule has 27 heavy (non-hydrogen) atoms. The Hall–Kier alpha value is -3.22. The zero-order chi connectivity index (χ0) is 18.6. The molecule has 0 radical (unpaired) electrons. The number of carbonyl (C=O) groups is 1. The standard InChI is InChI=1S/C20H17N3O4/c24-19-20(16(12-22(25)26)15-8-4-5-9-17(15)27-20)18(13-10-11-13)21-23(19)14-6-2-1-3-7-14/h1-9,13,16H,10-12H2/t16-,20-/m1/s1. The van der Waals surface area contributed by atoms with Crippen molar-refractivity contribution < 1.29 is 14.5 Å². The number of hydrogen-bond acceptors (Lipinski definition) is 5. The molecule has 1 amide bonds. The maximum atomic E-state index is 13.6. The molecule has 2 aromatic rings. The number of hydrazone groups is 1. The maximum Gasteiger partial charge on any atom is 0.298 e. The lowest BCUT2D eigenvalue weighted by Crippen LogP contribution is -2.55. The molecule has 7 nitrogen and oxygen atoms in total. The SMILES string of the molecule is O=C1N(c2ccccc2)N=C(C2CC2)[C@@]12Oc1ccccc1[C@H]2C[N+](=O)[O-]. The molecule has 1 fully saturated rings. The Balaban J connectivity index is 1.66. The van der Waals surface area contributed by atoms with Crippen molar-refractivity contribution in [3.05, 3.63) is 70.3 Å². The molecular formula is C20H17N3O4. The second-order valence-corrected chi connectivity index (χ2v) is 7.16. The van der Waals surface area contributed by atoms with Crippen LogP contribution in [0.4, 0.5) is 5.69 Å². The molecule has 2 aliphatic heterocycles. The Morgan fingerprint density at radius 2 is 1.85 bits per heavy atom. The summed E-state index contributed by atoms with van der Waals surface area (Å²) in [6.45, 7) is -0.378. The average Bonchev–Trinajstić information content (AvgIpc) is 3.41. The first-order valence-electron chi connectivity index (χ1n) is 8.99. The zero-order valence-electron chi connectivity index (χ0n) is 14.4. The van der Waals surface area contributed by atoms with E-state index >= 15 is 0 Å². The van der Waals surface area contributed by atoms with Crippen LogP contribution in [0.2, 0.25) is 0 Å². The highest BCUT2D eigenvalue weighted by Gasteiger charge is 2.66. The molecule has 2 aromatic carbocycles. The number of para-hydroxylation sites is 2. The summed E-state index contributed by atoms with van der Waals surface area (Å²) in [5.74, 6) is -0.380. The number of hydrogen-bond donors (Lipinski definition) is 0. The van der Waals surface area contributed by atoms with Crippen LogP contribution in [-0.2, 0) is 4.79 Å². The van der Waals surface area contributed by atoms with Crippen LogP contribution >= 0.6 is 0 Å². The van der Waals surface area contributed by atoms with E-state index in [1.54, 1.807) is 24.3 Å². The van der Waals surface area contributed by atoms with Crippen molar-refractivity contribution in [1.82, 2.24) is 0 Å². The third-order valence-electron chi connectivity index (χ3n) is 5.45. The minimum atomic E-state index is -1.42. The number of nitro groups is 1. The predicted octanol–water partition coefficient (Wildman–Crippen LogP) is 2.99. The van der Waals surface area contributed by atoms with Gasteiger partial charge in [-0.05, 0) is 31.0 Å². The van der Waals surface area contributed by atoms with Gasteiger partial charge in [0, 0.05) is 16.4 Å². The maximum absolute atomic E-state index is 13.6. The minimum absolute atomic E-state index is 0.131. The third kappa shape index (κ3) is 2.27.